The third-order valence-electron chi connectivity index (χ3n) is 2.24. The number of benzene rings is 1. The van der Waals surface area contributed by atoms with Gasteiger partial charge in [0.05, 0.1) is 0 Å². The number of rotatable bonds is 1. The maximum Gasteiger partial charge on any atom is 0.0208 e. The Kier molecular flexibility index (Phi) is 2.71. The molecule has 13 heavy (non-hydrogen) atoms. The third-order valence-corrected chi connectivity index (χ3v) is 2.52. The molecule has 1 heterocycles. The molecule has 0 aromatic heterocycles. The SMILES string of the molecule is Sc1cccc(C2=CCCNC2)c1. The van der Waals surface area contributed by atoms with E-state index >= 15 is 0 Å². The molecular weight excluding hydrogens is 178 g/mol. The minimum absolute atomic E-state index is 0.983. The molecule has 0 bridgehead atoms. The van der Waals surface area contributed by atoms with Crippen LogP contribution in [0.1, 0.15) is 12.0 Å². The topological polar surface area (TPSA) is 12.0 Å². The fourth-order valence-electron chi connectivity index (χ4n) is 1.57. The van der Waals surface area contributed by atoms with Crippen molar-refractivity contribution in [2.24, 2.45) is 0 Å². The normalized spacial score (nSPS) is 16.8. The summed E-state index contributed by atoms with van der Waals surface area (Å²) in [6, 6.07) is 8.30. The predicted molar refractivity (Wildman–Crippen MR) is 59.2 cm³/mol. The molecule has 1 aromatic carbocycles. The molecule has 0 fully saturated rings. The van der Waals surface area contributed by atoms with Crippen molar-refractivity contribution >= 4 is 18.2 Å². The molecule has 1 aliphatic rings. The lowest BCUT2D eigenvalue weighted by molar-refractivity contribution is 0.739. The van der Waals surface area contributed by atoms with E-state index in [1.807, 2.05) is 12.1 Å². The summed E-state index contributed by atoms with van der Waals surface area (Å²) >= 11 is 4.33. The van der Waals surface area contributed by atoms with Crippen LogP contribution in [-0.4, -0.2) is 13.1 Å². The van der Waals surface area contributed by atoms with E-state index in [1.165, 1.54) is 11.1 Å². The van der Waals surface area contributed by atoms with E-state index in [0.717, 1.165) is 24.4 Å². The second kappa shape index (κ2) is 3.99. The zero-order valence-corrected chi connectivity index (χ0v) is 8.35. The Morgan fingerprint density at radius 2 is 2.23 bits per heavy atom. The zero-order valence-electron chi connectivity index (χ0n) is 7.46. The Balaban J connectivity index is 2.29. The number of thiol groups is 1. The van der Waals surface area contributed by atoms with Crippen LogP contribution in [0.25, 0.3) is 5.57 Å². The van der Waals surface area contributed by atoms with Gasteiger partial charge in [-0.25, -0.2) is 0 Å². The Morgan fingerprint density at radius 3 is 2.92 bits per heavy atom. The van der Waals surface area contributed by atoms with E-state index in [-0.39, 0.29) is 0 Å². The largest absolute Gasteiger partial charge is 0.312 e. The molecule has 1 N–H and O–H groups in total. The van der Waals surface area contributed by atoms with E-state index in [4.69, 9.17) is 0 Å². The smallest absolute Gasteiger partial charge is 0.0208 e. The van der Waals surface area contributed by atoms with Crippen LogP contribution in [-0.2, 0) is 0 Å². The molecule has 1 aliphatic heterocycles. The average Bonchev–Trinajstić information content (AvgIpc) is 2.19. The van der Waals surface area contributed by atoms with E-state index < -0.39 is 0 Å². The molecule has 0 spiro atoms. The molecule has 1 aromatic rings. The lowest BCUT2D eigenvalue weighted by Gasteiger charge is -2.14. The first-order valence-corrected chi connectivity index (χ1v) is 5.00. The molecular formula is C11H13NS. The lowest BCUT2D eigenvalue weighted by atomic mass is 10.0. The monoisotopic (exact) mass is 191 g/mol. The van der Waals surface area contributed by atoms with Crippen molar-refractivity contribution in [2.75, 3.05) is 13.1 Å². The molecule has 0 saturated heterocycles. The summed E-state index contributed by atoms with van der Waals surface area (Å²) in [7, 11) is 0. The fourth-order valence-corrected chi connectivity index (χ4v) is 1.79. The van der Waals surface area contributed by atoms with Gasteiger partial charge in [-0.3, -0.25) is 0 Å². The van der Waals surface area contributed by atoms with Crippen LogP contribution in [0.15, 0.2) is 35.2 Å². The van der Waals surface area contributed by atoms with Gasteiger partial charge in [0, 0.05) is 11.4 Å². The summed E-state index contributed by atoms with van der Waals surface area (Å²) in [5.41, 5.74) is 2.68. The first-order valence-electron chi connectivity index (χ1n) is 4.55. The van der Waals surface area contributed by atoms with Gasteiger partial charge < -0.3 is 5.32 Å². The molecule has 1 nitrogen and oxygen atoms in total. The van der Waals surface area contributed by atoms with Gasteiger partial charge in [-0.2, -0.15) is 0 Å². The Bertz CT molecular complexity index is 331. The highest BCUT2D eigenvalue weighted by molar-refractivity contribution is 7.80. The second-order valence-electron chi connectivity index (χ2n) is 3.25. The Labute approximate surface area is 84.3 Å². The van der Waals surface area contributed by atoms with E-state index in [2.05, 4.69) is 36.2 Å². The van der Waals surface area contributed by atoms with Gasteiger partial charge in [0.25, 0.3) is 0 Å². The predicted octanol–water partition coefficient (Wildman–Crippen LogP) is 2.35. The first kappa shape index (κ1) is 8.85. The van der Waals surface area contributed by atoms with Gasteiger partial charge in [-0.05, 0) is 36.2 Å². The first-order chi connectivity index (χ1) is 6.36. The van der Waals surface area contributed by atoms with Gasteiger partial charge in [0.15, 0.2) is 0 Å². The summed E-state index contributed by atoms with van der Waals surface area (Å²) in [4.78, 5) is 1.03. The lowest BCUT2D eigenvalue weighted by Crippen LogP contribution is -2.21. The molecule has 0 radical (unpaired) electrons. The molecule has 2 heteroatoms. The number of nitrogens with one attached hydrogen (secondary N) is 1. The van der Waals surface area contributed by atoms with Crippen molar-refractivity contribution in [3.8, 4) is 0 Å². The van der Waals surface area contributed by atoms with Crippen LogP contribution in [0.3, 0.4) is 0 Å². The van der Waals surface area contributed by atoms with E-state index in [0.29, 0.717) is 0 Å². The van der Waals surface area contributed by atoms with Gasteiger partial charge in [0.2, 0.25) is 0 Å². The minimum atomic E-state index is 0.983. The maximum atomic E-state index is 4.33. The number of hydrogen-bond donors (Lipinski definition) is 2. The fraction of sp³-hybridized carbons (Fsp3) is 0.273. The second-order valence-corrected chi connectivity index (χ2v) is 3.76. The highest BCUT2D eigenvalue weighted by Gasteiger charge is 2.04. The van der Waals surface area contributed by atoms with E-state index in [1.54, 1.807) is 0 Å². The molecule has 0 saturated carbocycles. The van der Waals surface area contributed by atoms with Gasteiger partial charge in [-0.15, -0.1) is 12.6 Å². The highest BCUT2D eigenvalue weighted by atomic mass is 32.1. The van der Waals surface area contributed by atoms with Crippen LogP contribution < -0.4 is 5.32 Å². The Hall–Kier alpha value is -0.730. The molecule has 0 aliphatic carbocycles. The maximum absolute atomic E-state index is 4.33. The van der Waals surface area contributed by atoms with E-state index in [9.17, 15) is 0 Å². The molecule has 0 amide bonds. The van der Waals surface area contributed by atoms with Gasteiger partial charge >= 0.3 is 0 Å². The van der Waals surface area contributed by atoms with Crippen molar-refractivity contribution in [2.45, 2.75) is 11.3 Å². The molecule has 0 atom stereocenters. The highest BCUT2D eigenvalue weighted by Crippen LogP contribution is 2.19. The summed E-state index contributed by atoms with van der Waals surface area (Å²) in [6.07, 6.45) is 3.44. The Morgan fingerprint density at radius 1 is 1.31 bits per heavy atom. The molecule has 0 unspecified atom stereocenters. The van der Waals surface area contributed by atoms with Crippen LogP contribution >= 0.6 is 12.6 Å². The molecule has 68 valence electrons. The third kappa shape index (κ3) is 2.14. The quantitative estimate of drug-likeness (QED) is 0.649. The minimum Gasteiger partial charge on any atom is -0.312 e. The summed E-state index contributed by atoms with van der Waals surface area (Å²) < 4.78 is 0. The summed E-state index contributed by atoms with van der Waals surface area (Å²) in [5, 5.41) is 3.36. The van der Waals surface area contributed by atoms with Crippen LogP contribution in [0.4, 0.5) is 0 Å². The van der Waals surface area contributed by atoms with Crippen molar-refractivity contribution in [3.05, 3.63) is 35.9 Å². The summed E-state index contributed by atoms with van der Waals surface area (Å²) in [5.74, 6) is 0. The van der Waals surface area contributed by atoms with Crippen LogP contribution in [0.5, 0.6) is 0 Å². The standard InChI is InChI=1S/C11H13NS/c13-11-5-1-3-9(7-11)10-4-2-6-12-8-10/h1,3-5,7,12-13H,2,6,8H2. The average molecular weight is 191 g/mol. The number of hydrogen-bond acceptors (Lipinski definition) is 2. The van der Waals surface area contributed by atoms with Crippen molar-refractivity contribution < 1.29 is 0 Å². The zero-order chi connectivity index (χ0) is 9.10. The van der Waals surface area contributed by atoms with Crippen LogP contribution in [0.2, 0.25) is 0 Å². The van der Waals surface area contributed by atoms with Crippen molar-refractivity contribution in [1.29, 1.82) is 0 Å². The summed E-state index contributed by atoms with van der Waals surface area (Å²) in [6.45, 7) is 2.08. The van der Waals surface area contributed by atoms with Gasteiger partial charge in [0.1, 0.15) is 0 Å². The molecule has 2 rings (SSSR count). The van der Waals surface area contributed by atoms with Crippen LogP contribution in [0, 0.1) is 0 Å². The van der Waals surface area contributed by atoms with Gasteiger partial charge in [-0.1, -0.05) is 18.2 Å². The van der Waals surface area contributed by atoms with Crippen molar-refractivity contribution in [3.63, 3.8) is 0 Å². The van der Waals surface area contributed by atoms with Crippen molar-refractivity contribution in [1.82, 2.24) is 5.32 Å².